The molecule has 0 bridgehead atoms. The minimum absolute atomic E-state index is 0.641. The Morgan fingerprint density at radius 2 is 1.81 bits per heavy atom. The number of halogens is 1. The molecule has 0 N–H and O–H groups in total. The molecule has 0 aromatic heterocycles. The number of hydrogen-bond acceptors (Lipinski definition) is 2. The Hall–Kier alpha value is -1.93. The van der Waals surface area contributed by atoms with Gasteiger partial charge in [-0.2, -0.15) is 0 Å². The van der Waals surface area contributed by atoms with E-state index in [-0.39, 0.29) is 0 Å². The minimum Gasteiger partial charge on any atom is -0.497 e. The lowest BCUT2D eigenvalue weighted by Gasteiger charge is -2.19. The summed E-state index contributed by atoms with van der Waals surface area (Å²) in [7, 11) is 3.34. The molecule has 0 atom stereocenters. The Labute approximate surface area is 130 Å². The lowest BCUT2D eigenvalue weighted by molar-refractivity contribution is 0.414. The van der Waals surface area contributed by atoms with Crippen molar-refractivity contribution >= 4 is 17.2 Å². The van der Waals surface area contributed by atoms with Crippen molar-refractivity contribution in [2.45, 2.75) is 12.8 Å². The van der Waals surface area contributed by atoms with Gasteiger partial charge in [0.1, 0.15) is 11.5 Å². The van der Waals surface area contributed by atoms with E-state index in [1.54, 1.807) is 14.2 Å². The van der Waals surface area contributed by atoms with Crippen LogP contribution in [0.4, 0.5) is 0 Å². The SMILES string of the molecule is COc1ccc2c(c1)CC=C(c1ccc(Cl)c(OC)c1)C2. The Morgan fingerprint density at radius 1 is 0.952 bits per heavy atom. The van der Waals surface area contributed by atoms with Gasteiger partial charge in [0.2, 0.25) is 0 Å². The molecule has 0 saturated heterocycles. The lowest BCUT2D eigenvalue weighted by Crippen LogP contribution is -2.03. The fourth-order valence-electron chi connectivity index (χ4n) is 2.68. The van der Waals surface area contributed by atoms with Crippen molar-refractivity contribution in [3.63, 3.8) is 0 Å². The van der Waals surface area contributed by atoms with Gasteiger partial charge >= 0.3 is 0 Å². The van der Waals surface area contributed by atoms with Gasteiger partial charge in [0.15, 0.2) is 0 Å². The summed E-state index contributed by atoms with van der Waals surface area (Å²) in [6.07, 6.45) is 4.11. The first-order valence-corrected chi connectivity index (χ1v) is 7.28. The third-order valence-electron chi connectivity index (χ3n) is 3.88. The van der Waals surface area contributed by atoms with E-state index >= 15 is 0 Å². The molecular formula is C18H17ClO2. The first kappa shape index (κ1) is 14.0. The highest BCUT2D eigenvalue weighted by atomic mass is 35.5. The van der Waals surface area contributed by atoms with Gasteiger partial charge in [0, 0.05) is 0 Å². The summed E-state index contributed by atoms with van der Waals surface area (Å²) in [6, 6.07) is 12.2. The molecule has 2 aromatic rings. The molecule has 108 valence electrons. The highest BCUT2D eigenvalue weighted by molar-refractivity contribution is 6.32. The van der Waals surface area contributed by atoms with Crippen molar-refractivity contribution in [2.75, 3.05) is 14.2 Å². The molecular weight excluding hydrogens is 284 g/mol. The highest BCUT2D eigenvalue weighted by Crippen LogP contribution is 2.33. The molecule has 0 saturated carbocycles. The zero-order valence-electron chi connectivity index (χ0n) is 12.2. The van der Waals surface area contributed by atoms with Gasteiger partial charge < -0.3 is 9.47 Å². The van der Waals surface area contributed by atoms with Crippen molar-refractivity contribution < 1.29 is 9.47 Å². The molecule has 0 amide bonds. The van der Waals surface area contributed by atoms with E-state index < -0.39 is 0 Å². The number of fused-ring (bicyclic) bond motifs is 1. The van der Waals surface area contributed by atoms with E-state index in [1.165, 1.54) is 16.7 Å². The number of allylic oxidation sites excluding steroid dienone is 2. The minimum atomic E-state index is 0.641. The van der Waals surface area contributed by atoms with Crippen LogP contribution in [0.1, 0.15) is 16.7 Å². The van der Waals surface area contributed by atoms with Crippen LogP contribution in [0.5, 0.6) is 11.5 Å². The number of rotatable bonds is 3. The van der Waals surface area contributed by atoms with Crippen LogP contribution in [-0.4, -0.2) is 14.2 Å². The Bertz CT molecular complexity index is 704. The topological polar surface area (TPSA) is 18.5 Å². The number of methoxy groups -OCH3 is 2. The van der Waals surface area contributed by atoms with Gasteiger partial charge in [-0.25, -0.2) is 0 Å². The summed E-state index contributed by atoms with van der Waals surface area (Å²) in [5.74, 6) is 1.63. The molecule has 0 fully saturated rings. The van der Waals surface area contributed by atoms with Gasteiger partial charge in [-0.05, 0) is 59.4 Å². The van der Waals surface area contributed by atoms with E-state index in [1.807, 2.05) is 24.3 Å². The summed E-state index contributed by atoms with van der Waals surface area (Å²) < 4.78 is 10.6. The van der Waals surface area contributed by atoms with Gasteiger partial charge in [-0.3, -0.25) is 0 Å². The van der Waals surface area contributed by atoms with Crippen LogP contribution in [0.3, 0.4) is 0 Å². The molecule has 0 radical (unpaired) electrons. The fraction of sp³-hybridized carbons (Fsp3) is 0.222. The average molecular weight is 301 g/mol. The van der Waals surface area contributed by atoms with Gasteiger partial charge in [-0.1, -0.05) is 29.8 Å². The van der Waals surface area contributed by atoms with Crippen molar-refractivity contribution in [1.29, 1.82) is 0 Å². The average Bonchev–Trinajstić information content (AvgIpc) is 2.54. The number of benzene rings is 2. The maximum atomic E-state index is 6.09. The first-order valence-electron chi connectivity index (χ1n) is 6.90. The lowest BCUT2D eigenvalue weighted by atomic mass is 9.88. The maximum Gasteiger partial charge on any atom is 0.138 e. The quantitative estimate of drug-likeness (QED) is 0.828. The van der Waals surface area contributed by atoms with Crippen LogP contribution in [0, 0.1) is 0 Å². The van der Waals surface area contributed by atoms with E-state index in [2.05, 4.69) is 18.2 Å². The summed E-state index contributed by atoms with van der Waals surface area (Å²) in [5.41, 5.74) is 5.15. The third kappa shape index (κ3) is 2.77. The van der Waals surface area contributed by atoms with Crippen molar-refractivity contribution in [1.82, 2.24) is 0 Å². The molecule has 21 heavy (non-hydrogen) atoms. The van der Waals surface area contributed by atoms with Gasteiger partial charge in [0.05, 0.1) is 19.2 Å². The molecule has 0 aliphatic heterocycles. The van der Waals surface area contributed by atoms with Crippen LogP contribution in [0.2, 0.25) is 5.02 Å². The normalized spacial score (nSPS) is 13.4. The molecule has 2 nitrogen and oxygen atoms in total. The Balaban J connectivity index is 1.91. The molecule has 3 rings (SSSR count). The van der Waals surface area contributed by atoms with Crippen LogP contribution in [-0.2, 0) is 12.8 Å². The molecule has 2 aromatic carbocycles. The van der Waals surface area contributed by atoms with Crippen LogP contribution in [0.25, 0.3) is 5.57 Å². The van der Waals surface area contributed by atoms with Crippen molar-refractivity contribution in [2.24, 2.45) is 0 Å². The standard InChI is InChI=1S/C18H17ClO2/c1-20-16-7-5-13-9-12(3-4-14(13)10-16)15-6-8-17(19)18(11-15)21-2/h3,5-8,10-11H,4,9H2,1-2H3. The Morgan fingerprint density at radius 3 is 2.57 bits per heavy atom. The van der Waals surface area contributed by atoms with E-state index in [0.29, 0.717) is 5.02 Å². The zero-order chi connectivity index (χ0) is 14.8. The predicted octanol–water partition coefficient (Wildman–Crippen LogP) is 4.54. The predicted molar refractivity (Wildman–Crippen MR) is 86.4 cm³/mol. The zero-order valence-corrected chi connectivity index (χ0v) is 12.9. The second-order valence-corrected chi connectivity index (χ2v) is 5.50. The summed E-state index contributed by atoms with van der Waals surface area (Å²) in [5, 5.41) is 0.641. The first-order chi connectivity index (χ1) is 10.2. The third-order valence-corrected chi connectivity index (χ3v) is 4.20. The summed E-state index contributed by atoms with van der Waals surface area (Å²) in [4.78, 5) is 0. The maximum absolute atomic E-state index is 6.09. The van der Waals surface area contributed by atoms with E-state index in [0.717, 1.165) is 29.9 Å². The fourth-order valence-corrected chi connectivity index (χ4v) is 2.88. The molecule has 1 aliphatic carbocycles. The smallest absolute Gasteiger partial charge is 0.138 e. The molecule has 0 unspecified atom stereocenters. The molecule has 3 heteroatoms. The summed E-state index contributed by atoms with van der Waals surface area (Å²) in [6.45, 7) is 0. The van der Waals surface area contributed by atoms with Gasteiger partial charge in [0.25, 0.3) is 0 Å². The van der Waals surface area contributed by atoms with E-state index in [9.17, 15) is 0 Å². The molecule has 0 spiro atoms. The Kier molecular flexibility index (Phi) is 3.89. The highest BCUT2D eigenvalue weighted by Gasteiger charge is 2.14. The van der Waals surface area contributed by atoms with E-state index in [4.69, 9.17) is 21.1 Å². The molecule has 0 heterocycles. The van der Waals surface area contributed by atoms with Crippen LogP contribution >= 0.6 is 11.6 Å². The van der Waals surface area contributed by atoms with Crippen molar-refractivity contribution in [3.05, 3.63) is 64.2 Å². The molecule has 1 aliphatic rings. The van der Waals surface area contributed by atoms with Crippen LogP contribution < -0.4 is 9.47 Å². The second kappa shape index (κ2) is 5.82. The monoisotopic (exact) mass is 300 g/mol. The number of ether oxygens (including phenoxy) is 2. The number of hydrogen-bond donors (Lipinski definition) is 0. The summed E-state index contributed by atoms with van der Waals surface area (Å²) >= 11 is 6.09. The second-order valence-electron chi connectivity index (χ2n) is 5.09. The van der Waals surface area contributed by atoms with Crippen molar-refractivity contribution in [3.8, 4) is 11.5 Å². The largest absolute Gasteiger partial charge is 0.497 e. The van der Waals surface area contributed by atoms with Crippen LogP contribution in [0.15, 0.2) is 42.5 Å². The van der Waals surface area contributed by atoms with Gasteiger partial charge in [-0.15, -0.1) is 0 Å².